The highest BCUT2D eigenvalue weighted by atomic mass is 32.2. The van der Waals surface area contributed by atoms with Crippen LogP contribution in [-0.2, 0) is 5.75 Å². The molecule has 0 saturated carbocycles. The summed E-state index contributed by atoms with van der Waals surface area (Å²) >= 11 is 2.65. The van der Waals surface area contributed by atoms with E-state index in [2.05, 4.69) is 15.5 Å². The van der Waals surface area contributed by atoms with Gasteiger partial charge in [0.05, 0.1) is 0 Å². The van der Waals surface area contributed by atoms with Crippen molar-refractivity contribution in [3.8, 4) is 0 Å². The van der Waals surface area contributed by atoms with Crippen LogP contribution >= 0.6 is 23.1 Å². The van der Waals surface area contributed by atoms with Crippen LogP contribution in [-0.4, -0.2) is 16.1 Å². The van der Waals surface area contributed by atoms with Crippen molar-refractivity contribution < 1.29 is 9.18 Å². The number of aromatic nitrogens is 2. The summed E-state index contributed by atoms with van der Waals surface area (Å²) in [5, 5.41) is 11.1. The molecule has 1 amide bonds. The Morgan fingerprint density at radius 3 is 2.61 bits per heavy atom. The molecule has 0 aliphatic rings. The summed E-state index contributed by atoms with van der Waals surface area (Å²) in [6.45, 7) is 0. The molecule has 0 unspecified atom stereocenters. The Hall–Kier alpha value is -2.25. The van der Waals surface area contributed by atoms with E-state index < -0.39 is 0 Å². The molecule has 7 heteroatoms. The molecule has 0 fully saturated rings. The van der Waals surface area contributed by atoms with Crippen molar-refractivity contribution >= 4 is 34.1 Å². The predicted octanol–water partition coefficient (Wildman–Crippen LogP) is 4.22. The zero-order chi connectivity index (χ0) is 16.1. The maximum absolute atomic E-state index is 13.6. The lowest BCUT2D eigenvalue weighted by Gasteiger charge is -2.00. The molecule has 3 rings (SSSR count). The summed E-state index contributed by atoms with van der Waals surface area (Å²) in [7, 11) is 0. The summed E-state index contributed by atoms with van der Waals surface area (Å²) in [5.74, 6) is 0.00280. The minimum absolute atomic E-state index is 0.229. The van der Waals surface area contributed by atoms with Crippen molar-refractivity contribution in [1.82, 2.24) is 10.2 Å². The number of amides is 1. The van der Waals surface area contributed by atoms with Gasteiger partial charge in [-0.05, 0) is 23.8 Å². The Morgan fingerprint density at radius 1 is 1.09 bits per heavy atom. The number of carbonyl (C=O) groups is 1. The first-order valence-corrected chi connectivity index (χ1v) is 8.59. The van der Waals surface area contributed by atoms with Gasteiger partial charge in [-0.2, -0.15) is 0 Å². The molecule has 0 radical (unpaired) electrons. The molecular weight excluding hydrogens is 333 g/mol. The Kier molecular flexibility index (Phi) is 4.99. The van der Waals surface area contributed by atoms with Crippen LogP contribution in [0, 0.1) is 5.82 Å². The van der Waals surface area contributed by atoms with E-state index in [9.17, 15) is 9.18 Å². The van der Waals surface area contributed by atoms with Crippen LogP contribution in [0.4, 0.5) is 9.52 Å². The Balaban J connectivity index is 1.60. The van der Waals surface area contributed by atoms with Crippen molar-refractivity contribution in [3.05, 3.63) is 71.5 Å². The molecule has 1 N–H and O–H groups in total. The molecule has 3 aromatic rings. The maximum Gasteiger partial charge on any atom is 0.257 e. The number of hydrogen-bond acceptors (Lipinski definition) is 5. The molecule has 0 bridgehead atoms. The number of rotatable bonds is 5. The van der Waals surface area contributed by atoms with E-state index >= 15 is 0 Å². The van der Waals surface area contributed by atoms with Crippen molar-refractivity contribution in [2.24, 2.45) is 0 Å². The Morgan fingerprint density at radius 2 is 1.83 bits per heavy atom. The Labute approximate surface area is 140 Å². The Bertz CT molecular complexity index is 808. The van der Waals surface area contributed by atoms with E-state index in [-0.39, 0.29) is 11.7 Å². The van der Waals surface area contributed by atoms with Gasteiger partial charge in [0, 0.05) is 11.3 Å². The second kappa shape index (κ2) is 7.34. The summed E-state index contributed by atoms with van der Waals surface area (Å²) in [4.78, 5) is 12.0. The number of carbonyl (C=O) groups excluding carboxylic acids is 1. The third-order valence-electron chi connectivity index (χ3n) is 2.97. The maximum atomic E-state index is 13.6. The molecule has 2 aromatic carbocycles. The number of anilines is 1. The van der Waals surface area contributed by atoms with E-state index in [4.69, 9.17) is 0 Å². The molecule has 116 valence electrons. The van der Waals surface area contributed by atoms with Gasteiger partial charge < -0.3 is 0 Å². The molecule has 0 saturated heterocycles. The highest BCUT2D eigenvalue weighted by Crippen LogP contribution is 2.29. The predicted molar refractivity (Wildman–Crippen MR) is 90.3 cm³/mol. The van der Waals surface area contributed by atoms with Gasteiger partial charge in [0.25, 0.3) is 5.91 Å². The van der Waals surface area contributed by atoms with Crippen LogP contribution in [0.5, 0.6) is 0 Å². The monoisotopic (exact) mass is 345 g/mol. The summed E-state index contributed by atoms with van der Waals surface area (Å²) in [5.41, 5.74) is 1.17. The van der Waals surface area contributed by atoms with Gasteiger partial charge in [-0.3, -0.25) is 10.1 Å². The standard InChI is InChI=1S/C16H12FN3OS2/c17-13-9-5-4-8-12(13)10-22-16-20-19-15(23-16)18-14(21)11-6-2-1-3-7-11/h1-9H,10H2,(H,18,19,21). The zero-order valence-electron chi connectivity index (χ0n) is 11.9. The van der Waals surface area contributed by atoms with Crippen molar-refractivity contribution in [3.63, 3.8) is 0 Å². The average molecular weight is 345 g/mol. The van der Waals surface area contributed by atoms with Gasteiger partial charge in [-0.15, -0.1) is 10.2 Å². The van der Waals surface area contributed by atoms with Gasteiger partial charge in [-0.1, -0.05) is 59.5 Å². The van der Waals surface area contributed by atoms with Crippen LogP contribution in [0.1, 0.15) is 15.9 Å². The summed E-state index contributed by atoms with van der Waals surface area (Å²) < 4.78 is 14.2. The molecule has 23 heavy (non-hydrogen) atoms. The molecule has 1 heterocycles. The van der Waals surface area contributed by atoms with Crippen LogP contribution in [0.3, 0.4) is 0 Å². The number of nitrogens with zero attached hydrogens (tertiary/aromatic N) is 2. The van der Waals surface area contributed by atoms with Crippen molar-refractivity contribution in [2.45, 2.75) is 10.1 Å². The lowest BCUT2D eigenvalue weighted by atomic mass is 10.2. The lowest BCUT2D eigenvalue weighted by Crippen LogP contribution is -2.11. The highest BCUT2D eigenvalue weighted by molar-refractivity contribution is 8.00. The third kappa shape index (κ3) is 4.14. The molecule has 0 atom stereocenters. The van der Waals surface area contributed by atoms with E-state index in [1.54, 1.807) is 42.5 Å². The fourth-order valence-corrected chi connectivity index (χ4v) is 3.57. The second-order valence-corrected chi connectivity index (χ2v) is 6.77. The average Bonchev–Trinajstić information content (AvgIpc) is 3.02. The van der Waals surface area contributed by atoms with Crippen LogP contribution in [0.25, 0.3) is 0 Å². The van der Waals surface area contributed by atoms with Gasteiger partial charge in [0.1, 0.15) is 5.82 Å². The zero-order valence-corrected chi connectivity index (χ0v) is 13.5. The normalized spacial score (nSPS) is 10.5. The molecule has 0 spiro atoms. The minimum Gasteiger partial charge on any atom is -0.296 e. The topological polar surface area (TPSA) is 54.9 Å². The SMILES string of the molecule is O=C(Nc1nnc(SCc2ccccc2F)s1)c1ccccc1. The van der Waals surface area contributed by atoms with Crippen molar-refractivity contribution in [2.75, 3.05) is 5.32 Å². The van der Waals surface area contributed by atoms with Crippen LogP contribution in [0.2, 0.25) is 0 Å². The molecule has 0 aliphatic carbocycles. The first kappa shape index (κ1) is 15.6. The van der Waals surface area contributed by atoms with E-state index in [1.165, 1.54) is 29.2 Å². The van der Waals surface area contributed by atoms with Gasteiger partial charge in [0.2, 0.25) is 5.13 Å². The minimum atomic E-state index is -0.234. The number of hydrogen-bond donors (Lipinski definition) is 1. The van der Waals surface area contributed by atoms with Crippen LogP contribution in [0.15, 0.2) is 58.9 Å². The number of halogens is 1. The molecule has 1 aromatic heterocycles. The second-order valence-electron chi connectivity index (χ2n) is 4.57. The van der Waals surface area contributed by atoms with E-state index in [1.807, 2.05) is 6.07 Å². The van der Waals surface area contributed by atoms with Crippen molar-refractivity contribution in [1.29, 1.82) is 0 Å². The third-order valence-corrected chi connectivity index (χ3v) is 4.99. The molecule has 0 aliphatic heterocycles. The number of nitrogens with one attached hydrogen (secondary N) is 1. The summed E-state index contributed by atoms with van der Waals surface area (Å²) in [6, 6.07) is 15.5. The number of thioether (sulfide) groups is 1. The largest absolute Gasteiger partial charge is 0.296 e. The fraction of sp³-hybridized carbons (Fsp3) is 0.0625. The smallest absolute Gasteiger partial charge is 0.257 e. The quantitative estimate of drug-likeness (QED) is 0.556. The van der Waals surface area contributed by atoms with Gasteiger partial charge in [-0.25, -0.2) is 4.39 Å². The first-order valence-electron chi connectivity index (χ1n) is 6.78. The summed E-state index contributed by atoms with van der Waals surface area (Å²) in [6.07, 6.45) is 0. The highest BCUT2D eigenvalue weighted by Gasteiger charge is 2.11. The van der Waals surface area contributed by atoms with E-state index in [0.29, 0.717) is 26.4 Å². The van der Waals surface area contributed by atoms with E-state index in [0.717, 1.165) is 0 Å². The van der Waals surface area contributed by atoms with Crippen LogP contribution < -0.4 is 5.32 Å². The molecule has 4 nitrogen and oxygen atoms in total. The number of benzene rings is 2. The molecular formula is C16H12FN3OS2. The first-order chi connectivity index (χ1) is 11.2. The van der Waals surface area contributed by atoms with Gasteiger partial charge in [0.15, 0.2) is 4.34 Å². The van der Waals surface area contributed by atoms with Gasteiger partial charge >= 0.3 is 0 Å². The fourth-order valence-electron chi connectivity index (χ4n) is 1.83. The lowest BCUT2D eigenvalue weighted by molar-refractivity contribution is 0.102.